The summed E-state index contributed by atoms with van der Waals surface area (Å²) in [6, 6.07) is -0.150. The molecule has 1 saturated heterocycles. The summed E-state index contributed by atoms with van der Waals surface area (Å²) in [5, 5.41) is 6.25. The maximum absolute atomic E-state index is 11.9. The van der Waals surface area contributed by atoms with Crippen molar-refractivity contribution in [3.05, 3.63) is 0 Å². The predicted molar refractivity (Wildman–Crippen MR) is 74.0 cm³/mol. The Bertz CT molecular complexity index is 257. The Labute approximate surface area is 116 Å². The van der Waals surface area contributed by atoms with Crippen molar-refractivity contribution in [1.82, 2.24) is 10.6 Å². The van der Waals surface area contributed by atoms with Crippen LogP contribution in [0.25, 0.3) is 0 Å². The summed E-state index contributed by atoms with van der Waals surface area (Å²) in [5.74, 6) is 1.51. The van der Waals surface area contributed by atoms with Crippen molar-refractivity contribution < 1.29 is 9.53 Å². The summed E-state index contributed by atoms with van der Waals surface area (Å²) in [4.78, 5) is 11.9. The Morgan fingerprint density at radius 1 is 1.39 bits per heavy atom. The number of carbonyl (C=O) groups is 1. The van der Waals surface area contributed by atoms with Crippen molar-refractivity contribution in [1.29, 1.82) is 0 Å². The van der Waals surface area contributed by atoms with Gasteiger partial charge in [-0.2, -0.15) is 0 Å². The summed E-state index contributed by atoms with van der Waals surface area (Å²) in [6.07, 6.45) is 5.24. The Morgan fingerprint density at radius 2 is 2.17 bits per heavy atom. The van der Waals surface area contributed by atoms with E-state index >= 15 is 0 Å². The van der Waals surface area contributed by atoms with Crippen molar-refractivity contribution in [2.45, 2.75) is 38.6 Å². The first-order valence-electron chi connectivity index (χ1n) is 6.86. The molecule has 0 radical (unpaired) electrons. The number of nitrogens with one attached hydrogen (secondary N) is 2. The van der Waals surface area contributed by atoms with E-state index in [1.54, 1.807) is 0 Å². The maximum atomic E-state index is 11.9. The SMILES string of the molecule is CC1CCCCC1CNC(=O)C1COCCN1.Cl. The van der Waals surface area contributed by atoms with Crippen LogP contribution in [0.15, 0.2) is 0 Å². The average Bonchev–Trinajstić information content (AvgIpc) is 2.38. The summed E-state index contributed by atoms with van der Waals surface area (Å²) in [6.45, 7) is 5.13. The molecule has 18 heavy (non-hydrogen) atoms. The van der Waals surface area contributed by atoms with E-state index < -0.39 is 0 Å². The molecule has 2 fully saturated rings. The molecule has 1 aliphatic heterocycles. The Hall–Kier alpha value is -0.320. The van der Waals surface area contributed by atoms with E-state index in [0.717, 1.165) is 19.0 Å². The van der Waals surface area contributed by atoms with Gasteiger partial charge in [0.05, 0.1) is 13.2 Å². The first-order chi connectivity index (χ1) is 8.27. The van der Waals surface area contributed by atoms with Crippen LogP contribution in [-0.2, 0) is 9.53 Å². The molecule has 106 valence electrons. The number of hydrogen-bond acceptors (Lipinski definition) is 3. The molecule has 2 aliphatic rings. The number of morpholine rings is 1. The molecule has 2 N–H and O–H groups in total. The lowest BCUT2D eigenvalue weighted by atomic mass is 9.80. The van der Waals surface area contributed by atoms with Gasteiger partial charge in [0.1, 0.15) is 6.04 Å². The van der Waals surface area contributed by atoms with Gasteiger partial charge in [0.15, 0.2) is 0 Å². The van der Waals surface area contributed by atoms with E-state index in [1.807, 2.05) is 0 Å². The molecular weight excluding hydrogens is 252 g/mol. The third-order valence-electron chi connectivity index (χ3n) is 4.07. The van der Waals surface area contributed by atoms with Gasteiger partial charge in [0.25, 0.3) is 0 Å². The van der Waals surface area contributed by atoms with Crippen LogP contribution < -0.4 is 10.6 Å². The third kappa shape index (κ3) is 4.41. The zero-order chi connectivity index (χ0) is 12.1. The highest BCUT2D eigenvalue weighted by atomic mass is 35.5. The van der Waals surface area contributed by atoms with Gasteiger partial charge in [0.2, 0.25) is 5.91 Å². The predicted octanol–water partition coefficient (Wildman–Crippen LogP) is 1.34. The first-order valence-corrected chi connectivity index (χ1v) is 6.86. The Kier molecular flexibility index (Phi) is 6.97. The molecule has 5 heteroatoms. The zero-order valence-corrected chi connectivity index (χ0v) is 11.9. The lowest BCUT2D eigenvalue weighted by Crippen LogP contribution is -2.52. The highest BCUT2D eigenvalue weighted by molar-refractivity contribution is 5.85. The number of hydrogen-bond donors (Lipinski definition) is 2. The zero-order valence-electron chi connectivity index (χ0n) is 11.1. The lowest BCUT2D eigenvalue weighted by molar-refractivity contribution is -0.126. The number of amides is 1. The van der Waals surface area contributed by atoms with Crippen molar-refractivity contribution in [2.75, 3.05) is 26.3 Å². The summed E-state index contributed by atoms with van der Waals surface area (Å²) in [5.41, 5.74) is 0. The third-order valence-corrected chi connectivity index (χ3v) is 4.07. The number of halogens is 1. The van der Waals surface area contributed by atoms with E-state index in [9.17, 15) is 4.79 Å². The molecule has 3 atom stereocenters. The largest absolute Gasteiger partial charge is 0.378 e. The minimum absolute atomic E-state index is 0. The lowest BCUT2D eigenvalue weighted by Gasteiger charge is -2.30. The Morgan fingerprint density at radius 3 is 2.83 bits per heavy atom. The molecule has 0 aromatic rings. The van der Waals surface area contributed by atoms with Crippen LogP contribution in [0.2, 0.25) is 0 Å². The van der Waals surface area contributed by atoms with Crippen molar-refractivity contribution >= 4 is 18.3 Å². The van der Waals surface area contributed by atoms with Gasteiger partial charge in [-0.15, -0.1) is 12.4 Å². The molecule has 0 spiro atoms. The second kappa shape index (κ2) is 7.97. The van der Waals surface area contributed by atoms with Gasteiger partial charge in [-0.3, -0.25) is 4.79 Å². The molecule has 1 amide bonds. The van der Waals surface area contributed by atoms with E-state index in [2.05, 4.69) is 17.6 Å². The second-order valence-electron chi connectivity index (χ2n) is 5.35. The van der Waals surface area contributed by atoms with E-state index in [4.69, 9.17) is 4.74 Å². The first kappa shape index (κ1) is 15.7. The fourth-order valence-electron chi connectivity index (χ4n) is 2.79. The highest BCUT2D eigenvalue weighted by Crippen LogP contribution is 2.28. The normalized spacial score (nSPS) is 32.4. The summed E-state index contributed by atoms with van der Waals surface area (Å²) >= 11 is 0. The minimum Gasteiger partial charge on any atom is -0.378 e. The fraction of sp³-hybridized carbons (Fsp3) is 0.923. The van der Waals surface area contributed by atoms with E-state index in [0.29, 0.717) is 19.1 Å². The van der Waals surface area contributed by atoms with Crippen LogP contribution in [0.3, 0.4) is 0 Å². The highest BCUT2D eigenvalue weighted by Gasteiger charge is 2.24. The molecule has 0 bridgehead atoms. The summed E-state index contributed by atoms with van der Waals surface area (Å²) in [7, 11) is 0. The van der Waals surface area contributed by atoms with Gasteiger partial charge in [-0.1, -0.05) is 26.2 Å². The van der Waals surface area contributed by atoms with Gasteiger partial charge in [-0.25, -0.2) is 0 Å². The topological polar surface area (TPSA) is 50.4 Å². The van der Waals surface area contributed by atoms with Crippen molar-refractivity contribution in [3.8, 4) is 0 Å². The number of ether oxygens (including phenoxy) is 1. The molecule has 1 saturated carbocycles. The van der Waals surface area contributed by atoms with E-state index in [1.165, 1.54) is 25.7 Å². The van der Waals surface area contributed by atoms with Crippen LogP contribution in [0, 0.1) is 11.8 Å². The fourth-order valence-corrected chi connectivity index (χ4v) is 2.79. The molecule has 1 heterocycles. The van der Waals surface area contributed by atoms with Crippen LogP contribution in [0.5, 0.6) is 0 Å². The van der Waals surface area contributed by atoms with Crippen LogP contribution in [-0.4, -0.2) is 38.3 Å². The van der Waals surface area contributed by atoms with Gasteiger partial charge in [0, 0.05) is 13.1 Å². The van der Waals surface area contributed by atoms with Gasteiger partial charge in [-0.05, 0) is 18.3 Å². The molecule has 0 aromatic carbocycles. The van der Waals surface area contributed by atoms with Crippen molar-refractivity contribution in [3.63, 3.8) is 0 Å². The number of rotatable bonds is 3. The van der Waals surface area contributed by atoms with E-state index in [-0.39, 0.29) is 24.4 Å². The molecular formula is C13H25ClN2O2. The molecule has 0 aromatic heterocycles. The maximum Gasteiger partial charge on any atom is 0.239 e. The Balaban J connectivity index is 0.00000162. The monoisotopic (exact) mass is 276 g/mol. The second-order valence-corrected chi connectivity index (χ2v) is 5.35. The molecule has 1 aliphatic carbocycles. The molecule has 3 unspecified atom stereocenters. The van der Waals surface area contributed by atoms with Gasteiger partial charge >= 0.3 is 0 Å². The quantitative estimate of drug-likeness (QED) is 0.818. The van der Waals surface area contributed by atoms with Crippen LogP contribution in [0.1, 0.15) is 32.6 Å². The summed E-state index contributed by atoms with van der Waals surface area (Å²) < 4.78 is 5.29. The standard InChI is InChI=1S/C13H24N2O2.ClH/c1-10-4-2-3-5-11(10)8-15-13(16)12-9-17-7-6-14-12;/h10-12,14H,2-9H2,1H3,(H,15,16);1H. The van der Waals surface area contributed by atoms with Crippen LogP contribution in [0.4, 0.5) is 0 Å². The van der Waals surface area contributed by atoms with Crippen LogP contribution >= 0.6 is 12.4 Å². The van der Waals surface area contributed by atoms with Gasteiger partial charge < -0.3 is 15.4 Å². The molecule has 4 nitrogen and oxygen atoms in total. The minimum atomic E-state index is -0.150. The smallest absolute Gasteiger partial charge is 0.239 e. The van der Waals surface area contributed by atoms with Crippen molar-refractivity contribution in [2.24, 2.45) is 11.8 Å². The molecule has 2 rings (SSSR count). The number of carbonyl (C=O) groups excluding carboxylic acids is 1. The average molecular weight is 277 g/mol.